The van der Waals surface area contributed by atoms with Crippen LogP contribution in [0.4, 0.5) is 0 Å². The van der Waals surface area contributed by atoms with Gasteiger partial charge in [-0.2, -0.15) is 0 Å². The summed E-state index contributed by atoms with van der Waals surface area (Å²) in [5, 5.41) is 3.48. The molecule has 1 atom stereocenters. The molecule has 150 valence electrons. The van der Waals surface area contributed by atoms with Gasteiger partial charge in [-0.15, -0.1) is 0 Å². The molecule has 0 saturated carbocycles. The molecule has 6 heteroatoms. The maximum Gasteiger partial charge on any atom is 0.194 e. The minimum absolute atomic E-state index is 0.346. The number of aliphatic imine (C=N–C) groups is 1. The maximum atomic E-state index is 5.67. The van der Waals surface area contributed by atoms with Gasteiger partial charge < -0.3 is 19.5 Å². The van der Waals surface area contributed by atoms with E-state index in [9.17, 15) is 0 Å². The van der Waals surface area contributed by atoms with Gasteiger partial charge >= 0.3 is 0 Å². The highest BCUT2D eigenvalue weighted by Crippen LogP contribution is 2.38. The number of aryl methyl sites for hydroxylation is 1. The second-order valence-electron chi connectivity index (χ2n) is 8.07. The van der Waals surface area contributed by atoms with Crippen LogP contribution in [-0.4, -0.2) is 53.3 Å². The number of nitrogens with zero attached hydrogens (tertiary/aromatic N) is 4. The van der Waals surface area contributed by atoms with E-state index in [4.69, 9.17) is 9.73 Å². The minimum Gasteiger partial charge on any atom is -0.381 e. The summed E-state index contributed by atoms with van der Waals surface area (Å²) in [6, 6.07) is 8.71. The molecular weight excluding hydrogens is 350 g/mol. The summed E-state index contributed by atoms with van der Waals surface area (Å²) in [6.45, 7) is 10.5. The highest BCUT2D eigenvalue weighted by molar-refractivity contribution is 5.80. The van der Waals surface area contributed by atoms with Crippen LogP contribution in [0.3, 0.4) is 0 Å². The van der Waals surface area contributed by atoms with Gasteiger partial charge in [-0.1, -0.05) is 24.3 Å². The van der Waals surface area contributed by atoms with Crippen LogP contribution in [0.25, 0.3) is 0 Å². The van der Waals surface area contributed by atoms with E-state index in [0.29, 0.717) is 12.0 Å². The lowest BCUT2D eigenvalue weighted by Gasteiger charge is -2.25. The molecule has 2 aliphatic rings. The van der Waals surface area contributed by atoms with Crippen molar-refractivity contribution in [1.29, 1.82) is 0 Å². The van der Waals surface area contributed by atoms with Crippen molar-refractivity contribution >= 4 is 5.96 Å². The number of benzene rings is 1. The van der Waals surface area contributed by atoms with Crippen molar-refractivity contribution in [3.8, 4) is 0 Å². The summed E-state index contributed by atoms with van der Waals surface area (Å²) in [5.41, 5.74) is 2.87. The standard InChI is InChI=1S/C22H31N5O/c1-3-23-21(27-10-7-22(16-27)8-12-28-17-22)25-14-19-5-4-6-20(13-19)15-26-11-9-24-18(26)2/h4-6,9,11,13H,3,7-8,10,12,14-17H2,1-2H3,(H,23,25). The van der Waals surface area contributed by atoms with E-state index in [0.717, 1.165) is 51.2 Å². The van der Waals surface area contributed by atoms with Crippen LogP contribution in [0.1, 0.15) is 36.7 Å². The first-order valence-corrected chi connectivity index (χ1v) is 10.3. The van der Waals surface area contributed by atoms with Gasteiger partial charge in [0.05, 0.1) is 13.2 Å². The van der Waals surface area contributed by atoms with Gasteiger partial charge in [-0.25, -0.2) is 9.98 Å². The third kappa shape index (κ3) is 4.22. The summed E-state index contributed by atoms with van der Waals surface area (Å²) >= 11 is 0. The monoisotopic (exact) mass is 381 g/mol. The molecule has 2 aliphatic heterocycles. The number of rotatable bonds is 5. The van der Waals surface area contributed by atoms with E-state index in [-0.39, 0.29) is 0 Å². The van der Waals surface area contributed by atoms with Crippen LogP contribution in [0.15, 0.2) is 41.7 Å². The van der Waals surface area contributed by atoms with E-state index >= 15 is 0 Å². The zero-order chi connectivity index (χ0) is 19.4. The van der Waals surface area contributed by atoms with Crippen molar-refractivity contribution in [2.45, 2.75) is 39.8 Å². The molecule has 1 aromatic carbocycles. The molecule has 4 rings (SSSR count). The molecule has 2 aromatic rings. The topological polar surface area (TPSA) is 54.7 Å². The number of hydrogen-bond acceptors (Lipinski definition) is 3. The lowest BCUT2D eigenvalue weighted by molar-refractivity contribution is 0.156. The Bertz CT molecular complexity index is 822. The summed E-state index contributed by atoms with van der Waals surface area (Å²) in [5.74, 6) is 2.07. The van der Waals surface area contributed by atoms with Crippen LogP contribution < -0.4 is 5.32 Å². The van der Waals surface area contributed by atoms with Crippen LogP contribution >= 0.6 is 0 Å². The van der Waals surface area contributed by atoms with Crippen LogP contribution in [0.5, 0.6) is 0 Å². The Morgan fingerprint density at radius 3 is 2.96 bits per heavy atom. The Morgan fingerprint density at radius 2 is 2.21 bits per heavy atom. The first-order valence-electron chi connectivity index (χ1n) is 10.3. The predicted molar refractivity (Wildman–Crippen MR) is 111 cm³/mol. The van der Waals surface area contributed by atoms with E-state index in [1.165, 1.54) is 24.0 Å². The summed E-state index contributed by atoms with van der Waals surface area (Å²) < 4.78 is 7.84. The van der Waals surface area contributed by atoms with E-state index in [2.05, 4.69) is 51.0 Å². The van der Waals surface area contributed by atoms with Gasteiger partial charge in [-0.05, 0) is 37.8 Å². The summed E-state index contributed by atoms with van der Waals surface area (Å²) in [7, 11) is 0. The van der Waals surface area contributed by atoms with Crippen LogP contribution in [0.2, 0.25) is 0 Å². The predicted octanol–water partition coefficient (Wildman–Crippen LogP) is 2.82. The molecule has 28 heavy (non-hydrogen) atoms. The molecule has 0 amide bonds. The largest absolute Gasteiger partial charge is 0.381 e. The fourth-order valence-electron chi connectivity index (χ4n) is 4.27. The lowest BCUT2D eigenvalue weighted by Crippen LogP contribution is -2.41. The van der Waals surface area contributed by atoms with Crippen LogP contribution in [0, 0.1) is 12.3 Å². The fourth-order valence-corrected chi connectivity index (χ4v) is 4.27. The molecule has 2 saturated heterocycles. The van der Waals surface area contributed by atoms with Gasteiger partial charge in [0, 0.05) is 50.6 Å². The zero-order valence-corrected chi connectivity index (χ0v) is 17.0. The summed E-state index contributed by atoms with van der Waals surface area (Å²) in [6.07, 6.45) is 6.26. The normalized spacial score (nSPS) is 22.4. The Labute approximate surface area is 167 Å². The lowest BCUT2D eigenvalue weighted by atomic mass is 9.87. The first kappa shape index (κ1) is 19.0. The molecule has 0 bridgehead atoms. The van der Waals surface area contributed by atoms with E-state index in [1.54, 1.807) is 0 Å². The highest BCUT2D eigenvalue weighted by Gasteiger charge is 2.42. The van der Waals surface area contributed by atoms with Gasteiger partial charge in [0.15, 0.2) is 5.96 Å². The second-order valence-corrected chi connectivity index (χ2v) is 8.07. The number of hydrogen-bond donors (Lipinski definition) is 1. The Kier molecular flexibility index (Phi) is 5.67. The molecule has 1 N–H and O–H groups in total. The minimum atomic E-state index is 0.346. The molecular formula is C22H31N5O. The maximum absolute atomic E-state index is 5.67. The van der Waals surface area contributed by atoms with Gasteiger partial charge in [-0.3, -0.25) is 0 Å². The third-order valence-electron chi connectivity index (χ3n) is 5.94. The highest BCUT2D eigenvalue weighted by atomic mass is 16.5. The number of ether oxygens (including phenoxy) is 1. The Morgan fingerprint density at radius 1 is 1.32 bits per heavy atom. The smallest absolute Gasteiger partial charge is 0.194 e. The van der Waals surface area contributed by atoms with Crippen molar-refractivity contribution in [1.82, 2.24) is 19.8 Å². The number of guanidine groups is 1. The first-order chi connectivity index (χ1) is 13.7. The van der Waals surface area contributed by atoms with Crippen molar-refractivity contribution in [3.63, 3.8) is 0 Å². The molecule has 1 unspecified atom stereocenters. The number of imidazole rings is 1. The molecule has 1 spiro atoms. The van der Waals surface area contributed by atoms with Gasteiger partial charge in [0.2, 0.25) is 0 Å². The van der Waals surface area contributed by atoms with Crippen molar-refractivity contribution in [3.05, 3.63) is 53.6 Å². The molecule has 1 aromatic heterocycles. The van der Waals surface area contributed by atoms with Gasteiger partial charge in [0.1, 0.15) is 5.82 Å². The molecule has 0 radical (unpaired) electrons. The van der Waals surface area contributed by atoms with Crippen molar-refractivity contribution < 1.29 is 4.74 Å². The number of aromatic nitrogens is 2. The zero-order valence-electron chi connectivity index (χ0n) is 17.0. The molecule has 0 aliphatic carbocycles. The van der Waals surface area contributed by atoms with Crippen LogP contribution in [-0.2, 0) is 17.8 Å². The van der Waals surface area contributed by atoms with Crippen molar-refractivity contribution in [2.24, 2.45) is 10.4 Å². The fraction of sp³-hybridized carbons (Fsp3) is 0.545. The average molecular weight is 382 g/mol. The van der Waals surface area contributed by atoms with E-state index < -0.39 is 0 Å². The number of likely N-dealkylation sites (tertiary alicyclic amines) is 1. The van der Waals surface area contributed by atoms with E-state index in [1.807, 2.05) is 19.3 Å². The number of nitrogens with one attached hydrogen (secondary N) is 1. The second kappa shape index (κ2) is 8.35. The summed E-state index contributed by atoms with van der Waals surface area (Å²) in [4.78, 5) is 11.7. The SMILES string of the molecule is CCNC(=NCc1cccc(Cn2ccnc2C)c1)N1CCC2(CCOC2)C1. The molecule has 2 fully saturated rings. The van der Waals surface area contributed by atoms with Gasteiger partial charge in [0.25, 0.3) is 0 Å². The molecule has 6 nitrogen and oxygen atoms in total. The Hall–Kier alpha value is -2.34. The Balaban J connectivity index is 1.44. The average Bonchev–Trinajstić information content (AvgIpc) is 3.43. The van der Waals surface area contributed by atoms with Crippen molar-refractivity contribution in [2.75, 3.05) is 32.8 Å². The quantitative estimate of drug-likeness (QED) is 0.639. The molecule has 3 heterocycles. The third-order valence-corrected chi connectivity index (χ3v) is 5.94.